The first-order valence-corrected chi connectivity index (χ1v) is 12.0. The first-order valence-electron chi connectivity index (χ1n) is 12.0. The number of amides is 1. The normalized spacial score (nSPS) is 21.4. The molecule has 0 saturated carbocycles. The number of carbonyl (C=O) groups excluding carboxylic acids is 1. The summed E-state index contributed by atoms with van der Waals surface area (Å²) in [6.07, 6.45) is -5.83. The Hall–Kier alpha value is -3.38. The molecule has 0 radical (unpaired) electrons. The van der Waals surface area contributed by atoms with Crippen molar-refractivity contribution in [1.82, 2.24) is 14.7 Å². The topological polar surface area (TPSA) is 125 Å². The minimum atomic E-state index is -5.08. The monoisotopic (exact) mass is 566 g/mol. The molecule has 2 atom stereocenters. The van der Waals surface area contributed by atoms with Gasteiger partial charge in [0.25, 0.3) is 0 Å². The van der Waals surface area contributed by atoms with E-state index >= 15 is 0 Å². The Balaban J connectivity index is 0.000000317. The summed E-state index contributed by atoms with van der Waals surface area (Å²) in [6.45, 7) is 6.18. The van der Waals surface area contributed by atoms with Crippen LogP contribution >= 0.6 is 0 Å². The Morgan fingerprint density at radius 3 is 2.03 bits per heavy atom. The van der Waals surface area contributed by atoms with Gasteiger partial charge in [0.05, 0.1) is 11.6 Å². The molecule has 3 fully saturated rings. The molecule has 9 nitrogen and oxygen atoms in total. The van der Waals surface area contributed by atoms with Crippen molar-refractivity contribution in [2.75, 3.05) is 32.7 Å². The minimum absolute atomic E-state index is 0.324. The number of carboxylic acid groups (broad SMARTS) is 2. The molecule has 0 aliphatic carbocycles. The molecule has 3 aliphatic rings. The van der Waals surface area contributed by atoms with Gasteiger partial charge in [-0.2, -0.15) is 31.6 Å². The van der Waals surface area contributed by atoms with Crippen LogP contribution in [0.5, 0.6) is 0 Å². The zero-order chi connectivity index (χ0) is 29.4. The van der Waals surface area contributed by atoms with E-state index in [1.165, 1.54) is 31.5 Å². The molecule has 0 unspecified atom stereocenters. The molecule has 0 aromatic heterocycles. The maximum absolute atomic E-state index is 12.5. The second-order valence-electron chi connectivity index (χ2n) is 9.15. The van der Waals surface area contributed by atoms with E-state index in [4.69, 9.17) is 25.1 Å². The summed E-state index contributed by atoms with van der Waals surface area (Å²) in [5, 5.41) is 23.3. The van der Waals surface area contributed by atoms with Gasteiger partial charge in [-0.25, -0.2) is 9.59 Å². The average Bonchev–Trinajstić information content (AvgIpc) is 3.56. The van der Waals surface area contributed by atoms with Crippen LogP contribution in [-0.2, 0) is 20.9 Å². The second-order valence-corrected chi connectivity index (χ2v) is 9.15. The van der Waals surface area contributed by atoms with Crippen molar-refractivity contribution < 1.29 is 50.9 Å². The number of hydrogen-bond acceptors (Lipinski definition) is 6. The third-order valence-corrected chi connectivity index (χ3v) is 6.51. The number of halogens is 6. The third-order valence-electron chi connectivity index (χ3n) is 6.51. The smallest absolute Gasteiger partial charge is 0.475 e. The van der Waals surface area contributed by atoms with Gasteiger partial charge < -0.3 is 20.0 Å². The summed E-state index contributed by atoms with van der Waals surface area (Å²) in [6, 6.07) is 10.8. The van der Waals surface area contributed by atoms with Crippen LogP contribution in [0.25, 0.3) is 0 Å². The fourth-order valence-electron chi connectivity index (χ4n) is 4.73. The van der Waals surface area contributed by atoms with Crippen molar-refractivity contribution in [2.24, 2.45) is 0 Å². The number of nitriles is 1. The van der Waals surface area contributed by atoms with Gasteiger partial charge in [-0.1, -0.05) is 12.1 Å². The van der Waals surface area contributed by atoms with Crippen LogP contribution in [-0.4, -0.2) is 99.9 Å². The molecule has 3 saturated heterocycles. The zero-order valence-corrected chi connectivity index (χ0v) is 20.7. The Morgan fingerprint density at radius 1 is 0.949 bits per heavy atom. The number of fused-ring (bicyclic) bond motifs is 1. The maximum Gasteiger partial charge on any atom is 0.490 e. The summed E-state index contributed by atoms with van der Waals surface area (Å²) in [5.41, 5.74) is 1.88. The lowest BCUT2D eigenvalue weighted by molar-refractivity contribution is -0.193. The molecule has 4 rings (SSSR count). The molecule has 0 bridgehead atoms. The molecule has 1 aromatic carbocycles. The van der Waals surface area contributed by atoms with Gasteiger partial charge in [0, 0.05) is 44.7 Å². The molecule has 216 valence electrons. The highest BCUT2D eigenvalue weighted by Gasteiger charge is 2.46. The van der Waals surface area contributed by atoms with Crippen LogP contribution in [0.2, 0.25) is 0 Å². The molecule has 39 heavy (non-hydrogen) atoms. The van der Waals surface area contributed by atoms with Crippen LogP contribution < -0.4 is 0 Å². The lowest BCUT2D eigenvalue weighted by Crippen LogP contribution is -2.41. The van der Waals surface area contributed by atoms with Crippen molar-refractivity contribution in [2.45, 2.75) is 56.7 Å². The molecular weight excluding hydrogens is 538 g/mol. The first kappa shape index (κ1) is 31.8. The molecule has 3 aliphatic heterocycles. The van der Waals surface area contributed by atoms with Gasteiger partial charge in [0.15, 0.2) is 0 Å². The van der Waals surface area contributed by atoms with Crippen LogP contribution in [0.1, 0.15) is 36.8 Å². The van der Waals surface area contributed by atoms with E-state index < -0.39 is 24.3 Å². The Morgan fingerprint density at radius 2 is 1.51 bits per heavy atom. The number of nitrogens with zero attached hydrogens (tertiary/aromatic N) is 4. The summed E-state index contributed by atoms with van der Waals surface area (Å²) < 4.78 is 63.5. The summed E-state index contributed by atoms with van der Waals surface area (Å²) >= 11 is 0. The van der Waals surface area contributed by atoms with E-state index in [0.717, 1.165) is 32.6 Å². The lowest BCUT2D eigenvalue weighted by atomic mass is 10.1. The van der Waals surface area contributed by atoms with Gasteiger partial charge in [-0.3, -0.25) is 9.69 Å². The molecule has 2 N–H and O–H groups in total. The van der Waals surface area contributed by atoms with Crippen molar-refractivity contribution in [3.8, 4) is 6.07 Å². The second kappa shape index (κ2) is 13.6. The SMILES string of the molecule is N#Cc1cccc(CN2CC[C@@H]3[C@@H]2CC(=O)N3CCN2CCCC2)c1.O=C(O)C(F)(F)F.O=C(O)C(F)(F)F. The lowest BCUT2D eigenvalue weighted by Gasteiger charge is -2.27. The molecule has 0 spiro atoms. The van der Waals surface area contributed by atoms with Crippen LogP contribution in [0.4, 0.5) is 26.3 Å². The van der Waals surface area contributed by atoms with E-state index in [1.807, 2.05) is 18.2 Å². The number of likely N-dealkylation sites (tertiary alicyclic amines) is 3. The van der Waals surface area contributed by atoms with E-state index in [0.29, 0.717) is 30.0 Å². The van der Waals surface area contributed by atoms with Gasteiger partial charge in [0.2, 0.25) is 5.91 Å². The molecular formula is C24H28F6N4O5. The van der Waals surface area contributed by atoms with Gasteiger partial charge >= 0.3 is 24.3 Å². The number of alkyl halides is 6. The predicted molar refractivity (Wildman–Crippen MR) is 123 cm³/mol. The Bertz CT molecular complexity index is 1030. The minimum Gasteiger partial charge on any atom is -0.475 e. The predicted octanol–water partition coefficient (Wildman–Crippen LogP) is 3.10. The standard InChI is InChI=1S/C20H26N4O.2C2HF3O2/c21-14-16-4-3-5-17(12-16)15-23-9-6-18-19(23)13-20(25)24(18)11-10-22-7-1-2-8-22;2*3-2(4,5)1(6)7/h3-5,12,18-19H,1-2,6-11,13,15H2;2*(H,6,7)/t18-,19+;;/m1../s1. The molecule has 1 aromatic rings. The van der Waals surface area contributed by atoms with Crippen molar-refractivity contribution in [3.63, 3.8) is 0 Å². The first-order chi connectivity index (χ1) is 18.1. The van der Waals surface area contributed by atoms with Crippen LogP contribution in [0.3, 0.4) is 0 Å². The van der Waals surface area contributed by atoms with E-state index in [2.05, 4.69) is 26.8 Å². The highest BCUT2D eigenvalue weighted by atomic mass is 19.4. The quantitative estimate of drug-likeness (QED) is 0.521. The fraction of sp³-hybridized carbons (Fsp3) is 0.583. The van der Waals surface area contributed by atoms with E-state index in [9.17, 15) is 31.1 Å². The van der Waals surface area contributed by atoms with Gasteiger partial charge in [-0.05, 0) is 50.0 Å². The Labute approximate surface area is 220 Å². The highest BCUT2D eigenvalue weighted by Crippen LogP contribution is 2.33. The number of rotatable bonds is 5. The zero-order valence-electron chi connectivity index (χ0n) is 20.7. The number of benzene rings is 1. The largest absolute Gasteiger partial charge is 0.490 e. The summed E-state index contributed by atoms with van der Waals surface area (Å²) in [7, 11) is 0. The molecule has 1 amide bonds. The van der Waals surface area contributed by atoms with Gasteiger partial charge in [0.1, 0.15) is 0 Å². The number of aliphatic carboxylic acids is 2. The van der Waals surface area contributed by atoms with Gasteiger partial charge in [-0.15, -0.1) is 0 Å². The number of carboxylic acids is 2. The maximum atomic E-state index is 12.5. The van der Waals surface area contributed by atoms with E-state index in [1.54, 1.807) is 0 Å². The molecule has 3 heterocycles. The van der Waals surface area contributed by atoms with Crippen LogP contribution in [0, 0.1) is 11.3 Å². The van der Waals surface area contributed by atoms with Crippen molar-refractivity contribution in [3.05, 3.63) is 35.4 Å². The van der Waals surface area contributed by atoms with Crippen LogP contribution in [0.15, 0.2) is 24.3 Å². The summed E-state index contributed by atoms with van der Waals surface area (Å²) in [5.74, 6) is -5.19. The fourth-order valence-corrected chi connectivity index (χ4v) is 4.73. The number of carbonyl (C=O) groups is 3. The van der Waals surface area contributed by atoms with E-state index in [-0.39, 0.29) is 0 Å². The Kier molecular flexibility index (Phi) is 11.1. The average molecular weight is 566 g/mol. The highest BCUT2D eigenvalue weighted by molar-refractivity contribution is 5.80. The van der Waals surface area contributed by atoms with Crippen molar-refractivity contribution in [1.29, 1.82) is 5.26 Å². The summed E-state index contributed by atoms with van der Waals surface area (Å²) in [4.78, 5) is 37.4. The number of hydrogen-bond donors (Lipinski definition) is 2. The molecule has 15 heteroatoms. The van der Waals surface area contributed by atoms with Crippen molar-refractivity contribution >= 4 is 17.8 Å². The third kappa shape index (κ3) is 9.70.